The van der Waals surface area contributed by atoms with Crippen molar-refractivity contribution in [3.63, 3.8) is 0 Å². The topological polar surface area (TPSA) is 66.8 Å². The number of benzene rings is 2. The van der Waals surface area contributed by atoms with Gasteiger partial charge in [-0.1, -0.05) is 6.07 Å². The van der Waals surface area contributed by atoms with Gasteiger partial charge in [-0.2, -0.15) is 10.2 Å². The lowest BCUT2D eigenvalue weighted by atomic mass is 9.96. The molecule has 3 heterocycles. The van der Waals surface area contributed by atoms with Crippen molar-refractivity contribution in [2.75, 3.05) is 13.1 Å². The molecule has 2 aromatic heterocycles. The summed E-state index contributed by atoms with van der Waals surface area (Å²) >= 11 is 0. The van der Waals surface area contributed by atoms with Gasteiger partial charge in [0.25, 0.3) is 5.91 Å². The number of likely N-dealkylation sites (tertiary alicyclic amines) is 1. The van der Waals surface area contributed by atoms with Crippen LogP contribution in [0, 0.1) is 11.7 Å². The number of H-pyrrole nitrogens is 1. The number of nitrogens with zero attached hydrogens (tertiary/aromatic N) is 4. The monoisotopic (exact) mass is 403 g/mol. The van der Waals surface area contributed by atoms with Gasteiger partial charge < -0.3 is 4.90 Å². The van der Waals surface area contributed by atoms with Crippen LogP contribution >= 0.6 is 0 Å². The molecule has 1 aliphatic rings. The van der Waals surface area contributed by atoms with Crippen LogP contribution in [0.25, 0.3) is 22.0 Å². The van der Waals surface area contributed by atoms with Gasteiger partial charge in [0.15, 0.2) is 0 Å². The van der Waals surface area contributed by atoms with Crippen LogP contribution in [-0.4, -0.2) is 43.9 Å². The van der Waals surface area contributed by atoms with Crippen LogP contribution in [0.4, 0.5) is 4.39 Å². The molecule has 1 saturated heterocycles. The smallest absolute Gasteiger partial charge is 0.253 e. The summed E-state index contributed by atoms with van der Waals surface area (Å²) in [6.07, 6.45) is 7.47. The van der Waals surface area contributed by atoms with Gasteiger partial charge in [-0.25, -0.2) is 4.39 Å². The number of rotatable bonds is 4. The summed E-state index contributed by atoms with van der Waals surface area (Å²) in [5.74, 6) is 0.122. The molecule has 1 amide bonds. The highest BCUT2D eigenvalue weighted by molar-refractivity contribution is 5.94. The number of carbonyl (C=O) groups excluding carboxylic acids is 1. The number of aromatic nitrogens is 4. The van der Waals surface area contributed by atoms with Crippen LogP contribution in [0.3, 0.4) is 0 Å². The maximum Gasteiger partial charge on any atom is 0.253 e. The van der Waals surface area contributed by atoms with E-state index in [0.29, 0.717) is 24.6 Å². The van der Waals surface area contributed by atoms with Crippen LogP contribution in [0.1, 0.15) is 23.2 Å². The van der Waals surface area contributed by atoms with Gasteiger partial charge in [0.2, 0.25) is 0 Å². The van der Waals surface area contributed by atoms with Crippen LogP contribution in [-0.2, 0) is 6.54 Å². The van der Waals surface area contributed by atoms with Gasteiger partial charge in [-0.15, -0.1) is 0 Å². The van der Waals surface area contributed by atoms with E-state index >= 15 is 0 Å². The molecule has 0 saturated carbocycles. The van der Waals surface area contributed by atoms with E-state index in [-0.39, 0.29) is 11.7 Å². The van der Waals surface area contributed by atoms with E-state index in [0.717, 1.165) is 41.4 Å². The highest BCUT2D eigenvalue weighted by atomic mass is 19.1. The first-order chi connectivity index (χ1) is 14.7. The van der Waals surface area contributed by atoms with E-state index in [4.69, 9.17) is 0 Å². The number of hydrogen-bond acceptors (Lipinski definition) is 3. The fraction of sp³-hybridized carbons (Fsp3) is 0.261. The third kappa shape index (κ3) is 3.58. The zero-order valence-corrected chi connectivity index (χ0v) is 16.5. The minimum absolute atomic E-state index is 0.0234. The summed E-state index contributed by atoms with van der Waals surface area (Å²) < 4.78 is 15.2. The van der Waals surface area contributed by atoms with Crippen molar-refractivity contribution in [1.29, 1.82) is 0 Å². The number of carbonyl (C=O) groups is 1. The SMILES string of the molecule is O=C(c1ccc(F)cc1)N1CCC(Cn2ncc3cc(-c4cn[nH]c4)ccc32)CC1. The third-order valence-corrected chi connectivity index (χ3v) is 5.90. The number of aromatic amines is 1. The van der Waals surface area contributed by atoms with Gasteiger partial charge in [0.1, 0.15) is 5.82 Å². The van der Waals surface area contributed by atoms with E-state index in [1.165, 1.54) is 12.1 Å². The lowest BCUT2D eigenvalue weighted by Crippen LogP contribution is -2.39. The Labute approximate surface area is 173 Å². The molecule has 0 aliphatic carbocycles. The molecule has 5 rings (SSSR count). The molecule has 152 valence electrons. The van der Waals surface area contributed by atoms with E-state index in [9.17, 15) is 9.18 Å². The van der Waals surface area contributed by atoms with Crippen LogP contribution in [0.15, 0.2) is 61.1 Å². The standard InChI is InChI=1S/C23H22FN5O/c24-21-4-1-17(2-5-21)23(30)28-9-7-16(8-10-28)15-29-22-6-3-18(11-19(22)14-27-29)20-12-25-26-13-20/h1-6,11-14,16H,7-10,15H2,(H,25,26). The Balaban J connectivity index is 1.24. The van der Waals surface area contributed by atoms with Crippen molar-refractivity contribution in [3.05, 3.63) is 72.4 Å². The number of halogens is 1. The summed E-state index contributed by atoms with van der Waals surface area (Å²) in [6, 6.07) is 12.1. The molecule has 30 heavy (non-hydrogen) atoms. The molecule has 0 radical (unpaired) electrons. The first-order valence-electron chi connectivity index (χ1n) is 10.2. The molecule has 1 N–H and O–H groups in total. The van der Waals surface area contributed by atoms with E-state index < -0.39 is 0 Å². The molecule has 0 atom stereocenters. The molecular formula is C23H22FN5O. The Hall–Kier alpha value is -3.48. The van der Waals surface area contributed by atoms with Gasteiger partial charge in [0, 0.05) is 42.3 Å². The van der Waals surface area contributed by atoms with Crippen molar-refractivity contribution in [2.45, 2.75) is 19.4 Å². The van der Waals surface area contributed by atoms with Crippen LogP contribution in [0.2, 0.25) is 0 Å². The van der Waals surface area contributed by atoms with Crippen molar-refractivity contribution >= 4 is 16.8 Å². The third-order valence-electron chi connectivity index (χ3n) is 5.90. The number of amides is 1. The lowest BCUT2D eigenvalue weighted by Gasteiger charge is -2.32. The van der Waals surface area contributed by atoms with Crippen molar-refractivity contribution in [2.24, 2.45) is 5.92 Å². The lowest BCUT2D eigenvalue weighted by molar-refractivity contribution is 0.0682. The van der Waals surface area contributed by atoms with Crippen molar-refractivity contribution < 1.29 is 9.18 Å². The molecule has 0 spiro atoms. The summed E-state index contributed by atoms with van der Waals surface area (Å²) in [5.41, 5.74) is 3.83. The van der Waals surface area contributed by atoms with Crippen LogP contribution < -0.4 is 0 Å². The summed E-state index contributed by atoms with van der Waals surface area (Å²) in [6.45, 7) is 2.27. The second-order valence-electron chi connectivity index (χ2n) is 7.83. The van der Waals surface area contributed by atoms with Crippen LogP contribution in [0.5, 0.6) is 0 Å². The molecular weight excluding hydrogens is 381 g/mol. The van der Waals surface area contributed by atoms with Gasteiger partial charge in [-0.05, 0) is 60.7 Å². The van der Waals surface area contributed by atoms with Crippen molar-refractivity contribution in [3.8, 4) is 11.1 Å². The quantitative estimate of drug-likeness (QED) is 0.557. The molecule has 1 fully saturated rings. The number of nitrogens with one attached hydrogen (secondary N) is 1. The number of fused-ring (bicyclic) bond motifs is 1. The number of hydrogen-bond donors (Lipinski definition) is 1. The largest absolute Gasteiger partial charge is 0.339 e. The molecule has 7 heteroatoms. The molecule has 0 bridgehead atoms. The number of piperidine rings is 1. The molecule has 1 aliphatic heterocycles. The van der Waals surface area contributed by atoms with Crippen molar-refractivity contribution in [1.82, 2.24) is 24.9 Å². The van der Waals surface area contributed by atoms with Gasteiger partial charge in [0.05, 0.1) is 17.9 Å². The average Bonchev–Trinajstić information content (AvgIpc) is 3.45. The zero-order chi connectivity index (χ0) is 20.5. The Kier molecular flexibility index (Phi) is 4.78. The fourth-order valence-corrected chi connectivity index (χ4v) is 4.16. The predicted molar refractivity (Wildman–Crippen MR) is 112 cm³/mol. The minimum atomic E-state index is -0.325. The van der Waals surface area contributed by atoms with E-state index in [1.807, 2.05) is 23.5 Å². The Morgan fingerprint density at radius 3 is 2.60 bits per heavy atom. The summed E-state index contributed by atoms with van der Waals surface area (Å²) in [4.78, 5) is 14.5. The predicted octanol–water partition coefficient (Wildman–Crippen LogP) is 4.12. The molecule has 6 nitrogen and oxygen atoms in total. The maximum absolute atomic E-state index is 13.1. The summed E-state index contributed by atoms with van der Waals surface area (Å²) in [7, 11) is 0. The Bertz CT molecular complexity index is 1160. The first kappa shape index (κ1) is 18.5. The average molecular weight is 403 g/mol. The normalized spacial score (nSPS) is 15.0. The minimum Gasteiger partial charge on any atom is -0.339 e. The molecule has 2 aromatic carbocycles. The van der Waals surface area contributed by atoms with E-state index in [1.54, 1.807) is 12.1 Å². The summed E-state index contributed by atoms with van der Waals surface area (Å²) in [5, 5.41) is 12.6. The Morgan fingerprint density at radius 1 is 1.07 bits per heavy atom. The Morgan fingerprint density at radius 2 is 1.87 bits per heavy atom. The maximum atomic E-state index is 13.1. The molecule has 0 unspecified atom stereocenters. The molecule has 4 aromatic rings. The highest BCUT2D eigenvalue weighted by Crippen LogP contribution is 2.26. The van der Waals surface area contributed by atoms with Gasteiger partial charge >= 0.3 is 0 Å². The zero-order valence-electron chi connectivity index (χ0n) is 16.5. The second-order valence-corrected chi connectivity index (χ2v) is 7.83. The van der Waals surface area contributed by atoms with Gasteiger partial charge in [-0.3, -0.25) is 14.6 Å². The highest BCUT2D eigenvalue weighted by Gasteiger charge is 2.24. The first-order valence-corrected chi connectivity index (χ1v) is 10.2. The fourth-order valence-electron chi connectivity index (χ4n) is 4.16. The second kappa shape index (κ2) is 7.74. The van der Waals surface area contributed by atoms with E-state index in [2.05, 4.69) is 38.2 Å².